The van der Waals surface area contributed by atoms with Gasteiger partial charge in [-0.1, -0.05) is 61.9 Å². The van der Waals surface area contributed by atoms with Crippen LogP contribution in [0.5, 0.6) is 0 Å². The summed E-state index contributed by atoms with van der Waals surface area (Å²) in [4.78, 5) is 25.3. The van der Waals surface area contributed by atoms with Gasteiger partial charge in [0.05, 0.1) is 17.3 Å². The second kappa shape index (κ2) is 7.21. The summed E-state index contributed by atoms with van der Waals surface area (Å²) in [5, 5.41) is 5.94. The van der Waals surface area contributed by atoms with Gasteiger partial charge in [-0.2, -0.15) is 5.10 Å². The zero-order valence-corrected chi connectivity index (χ0v) is 13.7. The Morgan fingerprint density at radius 2 is 1.67 bits per heavy atom. The van der Waals surface area contributed by atoms with Gasteiger partial charge in [-0.25, -0.2) is 5.01 Å². The van der Waals surface area contributed by atoms with Crippen LogP contribution in [0.1, 0.15) is 36.5 Å². The van der Waals surface area contributed by atoms with Gasteiger partial charge in [0.15, 0.2) is 5.78 Å². The Labute approximate surface area is 141 Å². The number of benzene rings is 2. The topological polar surface area (TPSA) is 49.7 Å². The molecule has 0 spiro atoms. The summed E-state index contributed by atoms with van der Waals surface area (Å²) in [5.41, 5.74) is 2.18. The molecule has 2 aromatic rings. The average Bonchev–Trinajstić information content (AvgIpc) is 2.93. The Kier molecular flexibility index (Phi) is 4.85. The van der Waals surface area contributed by atoms with E-state index < -0.39 is 5.92 Å². The Balaban J connectivity index is 1.83. The van der Waals surface area contributed by atoms with E-state index in [9.17, 15) is 9.59 Å². The Hall–Kier alpha value is -2.75. The Morgan fingerprint density at radius 1 is 1.04 bits per heavy atom. The molecule has 3 rings (SSSR count). The largest absolute Gasteiger partial charge is 0.294 e. The number of carbonyl (C=O) groups is 2. The molecule has 0 saturated carbocycles. The molecule has 0 N–H and O–H groups in total. The molecule has 1 amide bonds. The number of Topliss-reactive ketones (excluding diaryl/α,β-unsaturated/α-hetero) is 1. The first-order chi connectivity index (χ1) is 11.7. The standard InChI is InChI=1S/C20H20N2O2/c1-2-9-18-17(14-19(23)15-10-5-3-6-11-15)20(24)22(21-18)16-12-7-4-8-13-16/h3-8,10-13,17H,2,9,14H2,1H3. The van der Waals surface area contributed by atoms with Gasteiger partial charge in [-0.05, 0) is 18.6 Å². The van der Waals surface area contributed by atoms with Crippen molar-refractivity contribution < 1.29 is 9.59 Å². The molecule has 0 bridgehead atoms. The molecule has 1 aliphatic rings. The van der Waals surface area contributed by atoms with Crippen molar-refractivity contribution in [2.45, 2.75) is 26.2 Å². The van der Waals surface area contributed by atoms with Crippen LogP contribution in [0, 0.1) is 5.92 Å². The second-order valence-electron chi connectivity index (χ2n) is 5.87. The number of hydrogen-bond acceptors (Lipinski definition) is 3. The fourth-order valence-corrected chi connectivity index (χ4v) is 2.90. The zero-order valence-electron chi connectivity index (χ0n) is 13.7. The summed E-state index contributed by atoms with van der Waals surface area (Å²) in [5.74, 6) is -0.598. The number of hydrazone groups is 1. The molecule has 1 aliphatic heterocycles. The average molecular weight is 320 g/mol. The monoisotopic (exact) mass is 320 g/mol. The number of amides is 1. The molecule has 122 valence electrons. The van der Waals surface area contributed by atoms with E-state index in [1.807, 2.05) is 55.5 Å². The molecule has 24 heavy (non-hydrogen) atoms. The lowest BCUT2D eigenvalue weighted by Gasteiger charge is -2.14. The molecule has 1 unspecified atom stereocenters. The van der Waals surface area contributed by atoms with E-state index in [1.165, 1.54) is 5.01 Å². The van der Waals surface area contributed by atoms with Crippen molar-refractivity contribution in [3.63, 3.8) is 0 Å². The van der Waals surface area contributed by atoms with Crippen molar-refractivity contribution in [1.29, 1.82) is 0 Å². The van der Waals surface area contributed by atoms with Crippen molar-refractivity contribution in [2.75, 3.05) is 5.01 Å². The Morgan fingerprint density at radius 3 is 2.29 bits per heavy atom. The van der Waals surface area contributed by atoms with E-state index in [1.54, 1.807) is 12.1 Å². The third-order valence-corrected chi connectivity index (χ3v) is 4.13. The second-order valence-corrected chi connectivity index (χ2v) is 5.87. The van der Waals surface area contributed by atoms with E-state index in [0.717, 1.165) is 24.2 Å². The van der Waals surface area contributed by atoms with Crippen LogP contribution in [0.2, 0.25) is 0 Å². The predicted molar refractivity (Wildman–Crippen MR) is 95.2 cm³/mol. The maximum Gasteiger partial charge on any atom is 0.256 e. The zero-order chi connectivity index (χ0) is 16.9. The van der Waals surface area contributed by atoms with Gasteiger partial charge in [0.1, 0.15) is 0 Å². The summed E-state index contributed by atoms with van der Waals surface area (Å²) in [6.45, 7) is 2.05. The number of para-hydroxylation sites is 1. The van der Waals surface area contributed by atoms with Gasteiger partial charge in [-0.3, -0.25) is 9.59 Å². The maximum atomic E-state index is 12.8. The van der Waals surface area contributed by atoms with Gasteiger partial charge in [0.25, 0.3) is 5.91 Å². The van der Waals surface area contributed by atoms with Crippen LogP contribution in [0.15, 0.2) is 65.8 Å². The van der Waals surface area contributed by atoms with Crippen molar-refractivity contribution in [2.24, 2.45) is 11.0 Å². The lowest BCUT2D eigenvalue weighted by molar-refractivity contribution is -0.119. The number of ketones is 1. The number of nitrogens with zero attached hydrogens (tertiary/aromatic N) is 2. The first-order valence-electron chi connectivity index (χ1n) is 8.25. The molecule has 0 radical (unpaired) electrons. The molecular formula is C20H20N2O2. The highest BCUT2D eigenvalue weighted by molar-refractivity contribution is 6.18. The minimum atomic E-state index is -0.460. The van der Waals surface area contributed by atoms with Crippen LogP contribution in [-0.2, 0) is 4.79 Å². The molecule has 4 heteroatoms. The summed E-state index contributed by atoms with van der Waals surface area (Å²) in [6, 6.07) is 18.5. The molecule has 0 fully saturated rings. The maximum absolute atomic E-state index is 12.8. The first kappa shape index (κ1) is 16.1. The van der Waals surface area contributed by atoms with Crippen molar-refractivity contribution in [1.82, 2.24) is 0 Å². The van der Waals surface area contributed by atoms with Gasteiger partial charge in [0, 0.05) is 12.0 Å². The normalized spacial score (nSPS) is 17.0. The number of hydrogen-bond donors (Lipinski definition) is 0. The molecular weight excluding hydrogens is 300 g/mol. The quantitative estimate of drug-likeness (QED) is 0.753. The molecule has 2 aromatic carbocycles. The van der Waals surface area contributed by atoms with Crippen LogP contribution in [-0.4, -0.2) is 17.4 Å². The predicted octanol–water partition coefficient (Wildman–Crippen LogP) is 4.08. The SMILES string of the molecule is CCCC1=NN(c2ccccc2)C(=O)C1CC(=O)c1ccccc1. The van der Waals surface area contributed by atoms with Crippen molar-refractivity contribution in [3.8, 4) is 0 Å². The number of anilines is 1. The van der Waals surface area contributed by atoms with E-state index >= 15 is 0 Å². The van der Waals surface area contributed by atoms with Gasteiger partial charge >= 0.3 is 0 Å². The summed E-state index contributed by atoms with van der Waals surface area (Å²) < 4.78 is 0. The van der Waals surface area contributed by atoms with Crippen LogP contribution in [0.3, 0.4) is 0 Å². The summed E-state index contributed by atoms with van der Waals surface area (Å²) >= 11 is 0. The van der Waals surface area contributed by atoms with E-state index in [4.69, 9.17) is 0 Å². The van der Waals surface area contributed by atoms with Crippen LogP contribution < -0.4 is 5.01 Å². The van der Waals surface area contributed by atoms with Crippen LogP contribution in [0.4, 0.5) is 5.69 Å². The molecule has 1 atom stereocenters. The highest BCUT2D eigenvalue weighted by atomic mass is 16.2. The summed E-state index contributed by atoms with van der Waals surface area (Å²) in [6.07, 6.45) is 1.79. The highest BCUT2D eigenvalue weighted by Crippen LogP contribution is 2.28. The van der Waals surface area contributed by atoms with E-state index in [0.29, 0.717) is 5.56 Å². The van der Waals surface area contributed by atoms with Crippen LogP contribution >= 0.6 is 0 Å². The number of rotatable bonds is 6. The minimum Gasteiger partial charge on any atom is -0.294 e. The fraction of sp³-hybridized carbons (Fsp3) is 0.250. The summed E-state index contributed by atoms with van der Waals surface area (Å²) in [7, 11) is 0. The van der Waals surface area contributed by atoms with Gasteiger partial charge in [0.2, 0.25) is 0 Å². The third-order valence-electron chi connectivity index (χ3n) is 4.13. The van der Waals surface area contributed by atoms with Crippen LogP contribution in [0.25, 0.3) is 0 Å². The molecule has 4 nitrogen and oxygen atoms in total. The smallest absolute Gasteiger partial charge is 0.256 e. The van der Waals surface area contributed by atoms with Gasteiger partial charge < -0.3 is 0 Å². The van der Waals surface area contributed by atoms with Gasteiger partial charge in [-0.15, -0.1) is 0 Å². The third kappa shape index (κ3) is 3.27. The molecule has 0 aromatic heterocycles. The lowest BCUT2D eigenvalue weighted by Crippen LogP contribution is -2.29. The van der Waals surface area contributed by atoms with Crippen molar-refractivity contribution >= 4 is 23.1 Å². The fourth-order valence-electron chi connectivity index (χ4n) is 2.90. The van der Waals surface area contributed by atoms with E-state index in [2.05, 4.69) is 5.10 Å². The first-order valence-corrected chi connectivity index (χ1v) is 8.25. The Bertz CT molecular complexity index is 754. The number of carbonyl (C=O) groups excluding carboxylic acids is 2. The van der Waals surface area contributed by atoms with E-state index in [-0.39, 0.29) is 18.1 Å². The lowest BCUT2D eigenvalue weighted by atomic mass is 9.92. The molecule has 0 aliphatic carbocycles. The highest BCUT2D eigenvalue weighted by Gasteiger charge is 2.37. The minimum absolute atomic E-state index is 0.0207. The molecule has 1 heterocycles. The van der Waals surface area contributed by atoms with Crippen molar-refractivity contribution in [3.05, 3.63) is 66.2 Å². The molecule has 0 saturated heterocycles.